The van der Waals surface area contributed by atoms with E-state index in [4.69, 9.17) is 19.7 Å². The highest BCUT2D eigenvalue weighted by atomic mass is 19.4. The van der Waals surface area contributed by atoms with Gasteiger partial charge in [-0.05, 0) is 0 Å². The van der Waals surface area contributed by atoms with Crippen molar-refractivity contribution in [3.8, 4) is 0 Å². The molecule has 1 aliphatic heterocycles. The number of methoxy groups -OCH3 is 1. The third-order valence-corrected chi connectivity index (χ3v) is 5.15. The minimum Gasteiger partial charge on any atom is -0.394 e. The number of ether oxygens (including phenoxy) is 3. The smallest absolute Gasteiger partial charge is 0.394 e. The van der Waals surface area contributed by atoms with Crippen molar-refractivity contribution in [3.63, 3.8) is 0 Å². The number of halogens is 14. The Balaban J connectivity index is 0.000000830. The second-order valence-corrected chi connectivity index (χ2v) is 8.61. The molecule has 1 fully saturated rings. The van der Waals surface area contributed by atoms with E-state index in [2.05, 4.69) is 10.1 Å². The van der Waals surface area contributed by atoms with Crippen molar-refractivity contribution in [1.82, 2.24) is 10.6 Å². The summed E-state index contributed by atoms with van der Waals surface area (Å²) in [6.45, 7) is -2.41. The summed E-state index contributed by atoms with van der Waals surface area (Å²) in [6.07, 6.45) is -21.3. The molecule has 1 heterocycles. The van der Waals surface area contributed by atoms with Crippen molar-refractivity contribution in [2.24, 2.45) is 0 Å². The molecule has 1 saturated heterocycles. The lowest BCUT2D eigenvalue weighted by atomic mass is 10.1. The van der Waals surface area contributed by atoms with Crippen LogP contribution in [0.2, 0.25) is 0 Å². The number of nitrogens with one attached hydrogen (secondary N) is 2. The second-order valence-electron chi connectivity index (χ2n) is 8.61. The van der Waals surface area contributed by atoms with E-state index in [1.807, 2.05) is 0 Å². The zero-order valence-corrected chi connectivity index (χ0v) is 21.6. The van der Waals surface area contributed by atoms with Crippen LogP contribution in [-0.4, -0.2) is 110 Å². The first-order valence-electron chi connectivity index (χ1n) is 11.5. The van der Waals surface area contributed by atoms with Gasteiger partial charge in [0, 0.05) is 45.9 Å². The van der Waals surface area contributed by atoms with E-state index in [1.165, 1.54) is 7.11 Å². The quantitative estimate of drug-likeness (QED) is 0.209. The van der Waals surface area contributed by atoms with Crippen LogP contribution in [0.3, 0.4) is 0 Å². The first-order chi connectivity index (χ1) is 19.3. The summed E-state index contributed by atoms with van der Waals surface area (Å²) in [7, 11) is 1.29. The van der Waals surface area contributed by atoms with Crippen LogP contribution in [0.25, 0.3) is 0 Å². The summed E-state index contributed by atoms with van der Waals surface area (Å²) in [6, 6.07) is 0. The summed E-state index contributed by atoms with van der Waals surface area (Å²) in [4.78, 5) is 22.2. The molecule has 9 nitrogen and oxygen atoms in total. The SMILES string of the molecule is COC1OCC(CNC(=O)CCC(F)(F)C(F)(F)C(F)(F)F)O1.O=C(CCC(F)(F)C(F)(F)C(F)(F)F)NCC(O)CO. The Kier molecular flexibility index (Phi) is 14.8. The summed E-state index contributed by atoms with van der Waals surface area (Å²) in [5.41, 5.74) is 0. The minimum absolute atomic E-state index is 0.0289. The van der Waals surface area contributed by atoms with Gasteiger partial charge in [0.25, 0.3) is 6.48 Å². The van der Waals surface area contributed by atoms with Crippen LogP contribution in [0.4, 0.5) is 61.5 Å². The van der Waals surface area contributed by atoms with Crippen molar-refractivity contribution in [1.29, 1.82) is 0 Å². The Bertz CT molecular complexity index is 887. The standard InChI is InChI=1S/C11H14F7NO4.C9H12F7NO3/c1-21-8-22-5-6(23-8)4-19-7(20)2-3-9(12,13)10(14,15)11(16,17)18;10-7(11,8(12,13)9(14,15)16)2-1-6(20)17-3-5(19)4-18/h6,8H,2-5H2,1H3,(H,19,20);5,18-19H,1-4H2,(H,17,20). The number of carbonyl (C=O) groups excluding carboxylic acids is 2. The van der Waals surface area contributed by atoms with Crippen molar-refractivity contribution in [3.05, 3.63) is 0 Å². The Morgan fingerprint density at radius 1 is 0.814 bits per heavy atom. The summed E-state index contributed by atoms with van der Waals surface area (Å²) in [5.74, 6) is -25.7. The number of alkyl halides is 14. The van der Waals surface area contributed by atoms with Crippen LogP contribution in [0.5, 0.6) is 0 Å². The van der Waals surface area contributed by atoms with Gasteiger partial charge >= 0.3 is 36.0 Å². The normalized spacial score (nSPS) is 19.4. The number of amides is 2. The zero-order chi connectivity index (χ0) is 34.1. The molecule has 2 amide bonds. The number of rotatable bonds is 14. The van der Waals surface area contributed by atoms with Crippen LogP contribution in [0.1, 0.15) is 25.7 Å². The topological polar surface area (TPSA) is 126 Å². The van der Waals surface area contributed by atoms with E-state index in [0.717, 1.165) is 0 Å². The first-order valence-corrected chi connectivity index (χ1v) is 11.5. The maximum atomic E-state index is 13.0. The van der Waals surface area contributed by atoms with Gasteiger partial charge in [0.2, 0.25) is 11.8 Å². The first kappa shape index (κ1) is 40.8. The molecule has 1 aliphatic rings. The van der Waals surface area contributed by atoms with Crippen LogP contribution < -0.4 is 10.6 Å². The van der Waals surface area contributed by atoms with Gasteiger partial charge in [0.15, 0.2) is 0 Å². The third-order valence-electron chi connectivity index (χ3n) is 5.15. The summed E-state index contributed by atoms with van der Waals surface area (Å²) >= 11 is 0. The molecule has 0 aromatic heterocycles. The maximum Gasteiger partial charge on any atom is 0.459 e. The average molecular weight is 672 g/mol. The number of aliphatic hydroxyl groups is 2. The van der Waals surface area contributed by atoms with E-state index in [-0.39, 0.29) is 13.2 Å². The molecule has 256 valence electrons. The van der Waals surface area contributed by atoms with Gasteiger partial charge in [0.1, 0.15) is 6.10 Å². The van der Waals surface area contributed by atoms with Crippen LogP contribution in [-0.2, 0) is 23.8 Å². The molecular formula is C20H26F14N2O7. The van der Waals surface area contributed by atoms with Gasteiger partial charge in [-0.1, -0.05) is 0 Å². The second kappa shape index (κ2) is 15.7. The van der Waals surface area contributed by atoms with Crippen molar-refractivity contribution >= 4 is 11.8 Å². The Morgan fingerprint density at radius 2 is 1.23 bits per heavy atom. The highest BCUT2D eigenvalue weighted by Crippen LogP contribution is 2.49. The monoisotopic (exact) mass is 672 g/mol. The fourth-order valence-electron chi connectivity index (χ4n) is 2.62. The molecule has 0 radical (unpaired) electrons. The van der Waals surface area contributed by atoms with Gasteiger partial charge in [0.05, 0.1) is 19.3 Å². The van der Waals surface area contributed by atoms with Gasteiger partial charge in [-0.15, -0.1) is 0 Å². The van der Waals surface area contributed by atoms with E-state index in [9.17, 15) is 71.1 Å². The molecule has 0 saturated carbocycles. The number of carbonyl (C=O) groups is 2. The van der Waals surface area contributed by atoms with Gasteiger partial charge in [-0.25, -0.2) is 0 Å². The molecule has 0 aliphatic carbocycles. The number of hydrogen-bond donors (Lipinski definition) is 4. The Morgan fingerprint density at radius 3 is 1.58 bits per heavy atom. The predicted octanol–water partition coefficient (Wildman–Crippen LogP) is 3.13. The van der Waals surface area contributed by atoms with Gasteiger partial charge in [-0.3, -0.25) is 9.59 Å². The number of hydrogen-bond acceptors (Lipinski definition) is 7. The summed E-state index contributed by atoms with van der Waals surface area (Å²) in [5, 5.41) is 21.0. The molecule has 4 N–H and O–H groups in total. The molecule has 3 unspecified atom stereocenters. The fraction of sp³-hybridized carbons (Fsp3) is 0.900. The zero-order valence-electron chi connectivity index (χ0n) is 21.6. The number of aliphatic hydroxyl groups excluding tert-OH is 2. The lowest BCUT2D eigenvalue weighted by Crippen LogP contribution is -2.52. The van der Waals surface area contributed by atoms with E-state index >= 15 is 0 Å². The molecule has 43 heavy (non-hydrogen) atoms. The van der Waals surface area contributed by atoms with Crippen LogP contribution >= 0.6 is 0 Å². The minimum atomic E-state index is -6.43. The lowest BCUT2D eigenvalue weighted by Gasteiger charge is -2.28. The molecule has 0 bridgehead atoms. The molecular weight excluding hydrogens is 646 g/mol. The molecule has 0 spiro atoms. The fourth-order valence-corrected chi connectivity index (χ4v) is 2.62. The average Bonchev–Trinajstić information content (AvgIpc) is 3.35. The van der Waals surface area contributed by atoms with E-state index in [0.29, 0.717) is 0 Å². The van der Waals surface area contributed by atoms with Gasteiger partial charge in [-0.2, -0.15) is 61.5 Å². The molecule has 0 aromatic carbocycles. The van der Waals surface area contributed by atoms with E-state index in [1.54, 1.807) is 5.32 Å². The maximum absolute atomic E-state index is 13.0. The van der Waals surface area contributed by atoms with Crippen molar-refractivity contribution in [2.75, 3.05) is 33.4 Å². The Labute approximate surface area is 232 Å². The molecule has 0 aromatic rings. The van der Waals surface area contributed by atoms with Crippen LogP contribution in [0, 0.1) is 0 Å². The molecule has 23 heteroatoms. The highest BCUT2D eigenvalue weighted by molar-refractivity contribution is 5.76. The predicted molar refractivity (Wildman–Crippen MR) is 111 cm³/mol. The molecule has 3 atom stereocenters. The highest BCUT2D eigenvalue weighted by Gasteiger charge is 2.73. The van der Waals surface area contributed by atoms with Crippen LogP contribution in [0.15, 0.2) is 0 Å². The largest absolute Gasteiger partial charge is 0.459 e. The molecule has 1 rings (SSSR count). The lowest BCUT2D eigenvalue weighted by molar-refractivity contribution is -0.355. The van der Waals surface area contributed by atoms with Gasteiger partial charge < -0.3 is 35.1 Å². The Hall–Kier alpha value is -2.24. The van der Waals surface area contributed by atoms with Crippen molar-refractivity contribution in [2.45, 2.75) is 80.4 Å². The van der Waals surface area contributed by atoms with Crippen molar-refractivity contribution < 1.29 is 95.5 Å². The third kappa shape index (κ3) is 12.0. The summed E-state index contributed by atoms with van der Waals surface area (Å²) < 4.78 is 187. The van der Waals surface area contributed by atoms with E-state index < -0.39 is 105 Å².